The number of benzene rings is 2. The van der Waals surface area contributed by atoms with Crippen LogP contribution in [-0.2, 0) is 21.0 Å². The molecule has 0 aliphatic carbocycles. The van der Waals surface area contributed by atoms with Crippen LogP contribution in [0.5, 0.6) is 0 Å². The second-order valence-corrected chi connectivity index (χ2v) is 8.60. The average Bonchev–Trinajstić information content (AvgIpc) is 2.64. The maximum Gasteiger partial charge on any atom is 0.338 e. The van der Waals surface area contributed by atoms with Crippen molar-refractivity contribution in [2.45, 2.75) is 37.5 Å². The van der Waals surface area contributed by atoms with Gasteiger partial charge in [-0.1, -0.05) is 25.7 Å². The summed E-state index contributed by atoms with van der Waals surface area (Å²) in [6.07, 6.45) is 0.855. The van der Waals surface area contributed by atoms with Gasteiger partial charge in [0.25, 0.3) is 0 Å². The first kappa shape index (κ1) is 19.3. The molecule has 0 fully saturated rings. The lowest BCUT2D eigenvalue weighted by Gasteiger charge is -2.31. The van der Waals surface area contributed by atoms with Gasteiger partial charge in [-0.15, -0.1) is 0 Å². The zero-order valence-electron chi connectivity index (χ0n) is 15.6. The highest BCUT2D eigenvalue weighted by molar-refractivity contribution is 7.85. The Kier molecular flexibility index (Phi) is 5.48. The van der Waals surface area contributed by atoms with Crippen molar-refractivity contribution in [3.63, 3.8) is 0 Å². The van der Waals surface area contributed by atoms with Crippen molar-refractivity contribution in [2.75, 3.05) is 12.4 Å². The monoisotopic (exact) mass is 384 g/mol. The summed E-state index contributed by atoms with van der Waals surface area (Å²) in [7, 11) is -0.975. The number of carbonyl (C=O) groups is 1. The zero-order valence-corrected chi connectivity index (χ0v) is 16.4. The smallest absolute Gasteiger partial charge is 0.338 e. The lowest BCUT2D eigenvalue weighted by atomic mass is 9.81. The summed E-state index contributed by atoms with van der Waals surface area (Å²) in [5, 5.41) is 0. The Labute approximate surface area is 161 Å². The van der Waals surface area contributed by atoms with Crippen LogP contribution in [0.4, 0.5) is 4.39 Å². The molecule has 0 aromatic heterocycles. The van der Waals surface area contributed by atoms with Crippen molar-refractivity contribution in [3.8, 4) is 11.8 Å². The van der Waals surface area contributed by atoms with E-state index in [4.69, 9.17) is 4.74 Å². The highest BCUT2D eigenvalue weighted by atomic mass is 32.2. The maximum absolute atomic E-state index is 14.3. The molecular formula is C22H21FO3S. The van der Waals surface area contributed by atoms with Crippen LogP contribution in [0.3, 0.4) is 0 Å². The van der Waals surface area contributed by atoms with Crippen LogP contribution in [0.2, 0.25) is 0 Å². The molecule has 2 aromatic carbocycles. The van der Waals surface area contributed by atoms with Crippen LogP contribution in [0.25, 0.3) is 0 Å². The Bertz CT molecular complexity index is 983. The average molecular weight is 384 g/mol. The van der Waals surface area contributed by atoms with Crippen molar-refractivity contribution in [1.29, 1.82) is 0 Å². The molecule has 1 aliphatic rings. The molecule has 0 spiro atoms. The third-order valence-corrected chi connectivity index (χ3v) is 6.11. The highest BCUT2D eigenvalue weighted by Gasteiger charge is 2.31. The van der Waals surface area contributed by atoms with Gasteiger partial charge in [-0.2, -0.15) is 0 Å². The van der Waals surface area contributed by atoms with E-state index in [2.05, 4.69) is 25.7 Å². The van der Waals surface area contributed by atoms with Gasteiger partial charge in [0.1, 0.15) is 5.82 Å². The Balaban J connectivity index is 1.91. The molecule has 0 saturated heterocycles. The zero-order chi connectivity index (χ0) is 19.6. The van der Waals surface area contributed by atoms with Crippen LogP contribution in [0.1, 0.15) is 54.2 Å². The molecule has 0 radical (unpaired) electrons. The fourth-order valence-corrected chi connectivity index (χ4v) is 4.74. The molecule has 27 heavy (non-hydrogen) atoms. The normalized spacial score (nSPS) is 17.4. The molecule has 140 valence electrons. The van der Waals surface area contributed by atoms with Crippen molar-refractivity contribution >= 4 is 16.8 Å². The molecule has 0 bridgehead atoms. The second kappa shape index (κ2) is 7.66. The highest BCUT2D eigenvalue weighted by Crippen LogP contribution is 2.37. The van der Waals surface area contributed by atoms with E-state index in [0.717, 1.165) is 28.5 Å². The molecule has 5 heteroatoms. The van der Waals surface area contributed by atoms with E-state index >= 15 is 0 Å². The quantitative estimate of drug-likeness (QED) is 0.576. The minimum Gasteiger partial charge on any atom is -0.462 e. The lowest BCUT2D eigenvalue weighted by Crippen LogP contribution is -2.27. The second-order valence-electron chi connectivity index (χ2n) is 7.06. The Morgan fingerprint density at radius 1 is 1.22 bits per heavy atom. The molecule has 1 aliphatic heterocycles. The van der Waals surface area contributed by atoms with Crippen LogP contribution >= 0.6 is 0 Å². The Hall–Kier alpha value is -2.45. The predicted octanol–water partition coefficient (Wildman–Crippen LogP) is 4.19. The number of esters is 1. The van der Waals surface area contributed by atoms with Crippen molar-refractivity contribution < 1.29 is 18.1 Å². The fourth-order valence-electron chi connectivity index (χ4n) is 3.03. The molecule has 3 rings (SSSR count). The van der Waals surface area contributed by atoms with Crippen LogP contribution in [0.15, 0.2) is 41.3 Å². The van der Waals surface area contributed by atoms with Crippen molar-refractivity contribution in [2.24, 2.45) is 0 Å². The van der Waals surface area contributed by atoms with Gasteiger partial charge in [0.2, 0.25) is 0 Å². The first-order chi connectivity index (χ1) is 12.8. The summed E-state index contributed by atoms with van der Waals surface area (Å²) in [5.41, 5.74) is 2.10. The van der Waals surface area contributed by atoms with Gasteiger partial charge in [0.15, 0.2) is 0 Å². The third kappa shape index (κ3) is 4.12. The van der Waals surface area contributed by atoms with E-state index in [1.165, 1.54) is 12.1 Å². The Morgan fingerprint density at radius 3 is 2.70 bits per heavy atom. The van der Waals surface area contributed by atoms with Crippen LogP contribution < -0.4 is 0 Å². The molecule has 1 unspecified atom stereocenters. The summed E-state index contributed by atoms with van der Waals surface area (Å²) in [6.45, 7) is 6.20. The van der Waals surface area contributed by atoms with E-state index in [1.807, 2.05) is 18.2 Å². The fraction of sp³-hybridized carbons (Fsp3) is 0.318. The maximum atomic E-state index is 14.3. The minimum atomic E-state index is -0.975. The largest absolute Gasteiger partial charge is 0.462 e. The summed E-state index contributed by atoms with van der Waals surface area (Å²) in [5.74, 6) is 5.35. The number of halogens is 1. The minimum absolute atomic E-state index is 0.0620. The van der Waals surface area contributed by atoms with E-state index in [9.17, 15) is 13.4 Å². The van der Waals surface area contributed by atoms with Gasteiger partial charge in [-0.05, 0) is 60.7 Å². The number of fused-ring (bicyclic) bond motifs is 1. The molecule has 1 atom stereocenters. The third-order valence-electron chi connectivity index (χ3n) is 4.69. The summed E-state index contributed by atoms with van der Waals surface area (Å²) in [6, 6.07) is 9.74. The molecule has 0 saturated carbocycles. The summed E-state index contributed by atoms with van der Waals surface area (Å²) in [4.78, 5) is 12.5. The van der Waals surface area contributed by atoms with E-state index < -0.39 is 22.6 Å². The number of hydrogen-bond acceptors (Lipinski definition) is 3. The van der Waals surface area contributed by atoms with Gasteiger partial charge in [0, 0.05) is 16.2 Å². The Morgan fingerprint density at radius 2 is 2.00 bits per heavy atom. The predicted molar refractivity (Wildman–Crippen MR) is 104 cm³/mol. The van der Waals surface area contributed by atoms with Crippen molar-refractivity contribution in [3.05, 3.63) is 64.5 Å². The lowest BCUT2D eigenvalue weighted by molar-refractivity contribution is 0.0526. The topological polar surface area (TPSA) is 43.4 Å². The van der Waals surface area contributed by atoms with E-state index in [0.29, 0.717) is 5.75 Å². The van der Waals surface area contributed by atoms with Gasteiger partial charge in [-0.25, -0.2) is 9.18 Å². The molecule has 2 aromatic rings. The van der Waals surface area contributed by atoms with Gasteiger partial charge < -0.3 is 4.74 Å². The number of hydrogen-bond donors (Lipinski definition) is 0. The summed E-state index contributed by atoms with van der Waals surface area (Å²) >= 11 is 0. The van der Waals surface area contributed by atoms with Gasteiger partial charge >= 0.3 is 5.97 Å². The molecular weight excluding hydrogens is 363 g/mol. The molecule has 0 amide bonds. The SMILES string of the molecule is CCOC(=O)c1ccc(C#Cc2ccc3c(c2)C(C)(C)CCS3=O)c(F)c1. The van der Waals surface area contributed by atoms with E-state index in [-0.39, 0.29) is 23.1 Å². The summed E-state index contributed by atoms with van der Waals surface area (Å²) < 4.78 is 31.3. The van der Waals surface area contributed by atoms with Crippen LogP contribution in [-0.4, -0.2) is 22.5 Å². The van der Waals surface area contributed by atoms with Gasteiger partial charge in [0.05, 0.1) is 28.5 Å². The standard InChI is InChI=1S/C22H21FO3S/c1-4-26-21(24)17-9-8-16(19(23)14-17)7-5-15-6-10-20-18(13-15)22(2,3)11-12-27(20)25/h6,8-10,13-14H,4,11-12H2,1-3H3. The molecule has 0 N–H and O–H groups in total. The first-order valence-electron chi connectivity index (χ1n) is 8.83. The van der Waals surface area contributed by atoms with Crippen LogP contribution in [0, 0.1) is 17.7 Å². The van der Waals surface area contributed by atoms with E-state index in [1.54, 1.807) is 6.92 Å². The number of ether oxygens (including phenoxy) is 1. The van der Waals surface area contributed by atoms with Gasteiger partial charge in [-0.3, -0.25) is 4.21 Å². The number of carbonyl (C=O) groups excluding carboxylic acids is 1. The van der Waals surface area contributed by atoms with Crippen molar-refractivity contribution in [1.82, 2.24) is 0 Å². The molecule has 3 nitrogen and oxygen atoms in total. The number of rotatable bonds is 2. The molecule has 1 heterocycles. The first-order valence-corrected chi connectivity index (χ1v) is 10.2.